The van der Waals surface area contributed by atoms with Crippen molar-refractivity contribution in [2.24, 2.45) is 5.73 Å². The van der Waals surface area contributed by atoms with Crippen molar-refractivity contribution in [2.75, 3.05) is 23.3 Å². The van der Waals surface area contributed by atoms with Gasteiger partial charge in [-0.25, -0.2) is 0 Å². The van der Waals surface area contributed by atoms with E-state index in [2.05, 4.69) is 10.3 Å². The summed E-state index contributed by atoms with van der Waals surface area (Å²) < 4.78 is 0. The molecule has 2 amide bonds. The number of rotatable bonds is 11. The molecule has 3 rings (SSSR count). The highest BCUT2D eigenvalue weighted by molar-refractivity contribution is 6.41. The summed E-state index contributed by atoms with van der Waals surface area (Å²) in [7, 11) is 0. The number of carboxylic acids is 1. The molecule has 0 spiro atoms. The zero-order chi connectivity index (χ0) is 24.7. The number of aryl methyl sites for hydroxylation is 1. The van der Waals surface area contributed by atoms with Gasteiger partial charge in [-0.05, 0) is 48.7 Å². The van der Waals surface area contributed by atoms with Crippen molar-refractivity contribution in [2.45, 2.75) is 31.8 Å². The maximum absolute atomic E-state index is 13.1. The fraction of sp³-hybridized carbons (Fsp3) is 0.304. The Morgan fingerprint density at radius 1 is 1.24 bits per heavy atom. The highest BCUT2D eigenvalue weighted by atomic mass is 16.4. The number of amidine groups is 1. The zero-order valence-electron chi connectivity index (χ0n) is 18.4. The number of hydrogen-bond acceptors (Lipinski definition) is 7. The van der Waals surface area contributed by atoms with E-state index in [1.165, 1.54) is 22.2 Å². The van der Waals surface area contributed by atoms with Gasteiger partial charge in [-0.15, -0.1) is 0 Å². The molecule has 0 aliphatic carbocycles. The molecule has 2 aromatic rings. The molecule has 0 saturated carbocycles. The molecule has 178 valence electrons. The number of nitrogen functional groups attached to an aromatic ring is 1. The largest absolute Gasteiger partial charge is 0.481 e. The van der Waals surface area contributed by atoms with Crippen molar-refractivity contribution in [3.05, 3.63) is 53.9 Å². The summed E-state index contributed by atoms with van der Waals surface area (Å²) in [5.74, 6) is -2.51. The Labute approximate surface area is 196 Å². The van der Waals surface area contributed by atoms with E-state index in [0.29, 0.717) is 28.9 Å². The first-order valence-electron chi connectivity index (χ1n) is 10.7. The van der Waals surface area contributed by atoms with Gasteiger partial charge in [-0.2, -0.15) is 0 Å². The molecule has 1 aliphatic heterocycles. The first-order chi connectivity index (χ1) is 16.3. The Hall–Kier alpha value is -4.28. The second-order valence-corrected chi connectivity index (χ2v) is 7.77. The maximum atomic E-state index is 13.1. The van der Waals surface area contributed by atoms with Crippen molar-refractivity contribution in [1.29, 1.82) is 5.41 Å². The summed E-state index contributed by atoms with van der Waals surface area (Å²) in [6.07, 6.45) is 3.80. The molecule has 11 heteroatoms. The van der Waals surface area contributed by atoms with Gasteiger partial charge in [0.15, 0.2) is 0 Å². The van der Waals surface area contributed by atoms with Gasteiger partial charge in [-0.1, -0.05) is 0 Å². The minimum absolute atomic E-state index is 0.0711. The number of nitrogens with two attached hydrogens (primary N) is 1. The predicted molar refractivity (Wildman–Crippen MR) is 124 cm³/mol. The number of amides is 2. The number of nitrogens with zero attached hydrogens (tertiary/aromatic N) is 3. The Kier molecular flexibility index (Phi) is 7.91. The second-order valence-electron chi connectivity index (χ2n) is 7.77. The number of piperazine rings is 1. The molecule has 1 fully saturated rings. The number of carbonyl (C=O) groups excluding carboxylic acids is 3. The first-order valence-corrected chi connectivity index (χ1v) is 10.7. The smallest absolute Gasteiger partial charge is 0.316 e. The van der Waals surface area contributed by atoms with Crippen LogP contribution < -0.4 is 16.0 Å². The number of hydrogen-bond donors (Lipinski definition) is 4. The van der Waals surface area contributed by atoms with E-state index in [4.69, 9.17) is 16.2 Å². The summed E-state index contributed by atoms with van der Waals surface area (Å²) in [6, 6.07) is 8.36. The standard InChI is InChI=1S/C23H26N6O5/c24-21(25)15-3-6-17(7-4-15)27-19-14-29(23(34)22(33)28(19)11-1-2-12-30)18-9-10-26-13-16(18)5-8-20(31)32/h3-4,6-7,9-10,12-13,19,27H,1-2,5,8,11,14H2,(H3,24,25)(H,31,32). The van der Waals surface area contributed by atoms with Crippen molar-refractivity contribution in [1.82, 2.24) is 9.88 Å². The molecule has 1 saturated heterocycles. The normalized spacial score (nSPS) is 15.8. The van der Waals surface area contributed by atoms with Crippen LogP contribution in [0.15, 0.2) is 42.7 Å². The number of carboxylic acid groups (broad SMARTS) is 1. The van der Waals surface area contributed by atoms with Crippen molar-refractivity contribution in [3.8, 4) is 0 Å². The van der Waals surface area contributed by atoms with Crippen LogP contribution in [-0.4, -0.2) is 64.2 Å². The monoisotopic (exact) mass is 466 g/mol. The summed E-state index contributed by atoms with van der Waals surface area (Å²) in [5, 5.41) is 19.8. The van der Waals surface area contributed by atoms with Crippen LogP contribution in [0.4, 0.5) is 11.4 Å². The Morgan fingerprint density at radius 2 is 1.97 bits per heavy atom. The zero-order valence-corrected chi connectivity index (χ0v) is 18.4. The van der Waals surface area contributed by atoms with Gasteiger partial charge in [-0.3, -0.25) is 29.7 Å². The van der Waals surface area contributed by atoms with E-state index in [1.807, 2.05) is 0 Å². The molecule has 1 aromatic carbocycles. The number of carbonyl (C=O) groups is 4. The van der Waals surface area contributed by atoms with Crippen molar-refractivity contribution in [3.63, 3.8) is 0 Å². The fourth-order valence-corrected chi connectivity index (χ4v) is 3.72. The van der Waals surface area contributed by atoms with Crippen molar-refractivity contribution >= 4 is 41.3 Å². The molecule has 2 heterocycles. The highest BCUT2D eigenvalue weighted by Crippen LogP contribution is 2.26. The third-order valence-electron chi connectivity index (χ3n) is 5.45. The number of benzene rings is 1. The number of nitrogens with one attached hydrogen (secondary N) is 2. The molecule has 34 heavy (non-hydrogen) atoms. The van der Waals surface area contributed by atoms with Gasteiger partial charge >= 0.3 is 17.8 Å². The van der Waals surface area contributed by atoms with E-state index in [-0.39, 0.29) is 38.2 Å². The van der Waals surface area contributed by atoms with Crippen LogP contribution in [0.5, 0.6) is 0 Å². The lowest BCUT2D eigenvalue weighted by atomic mass is 10.1. The number of anilines is 2. The molecule has 11 nitrogen and oxygen atoms in total. The van der Waals surface area contributed by atoms with Crippen LogP contribution in [0.2, 0.25) is 0 Å². The van der Waals surface area contributed by atoms with Gasteiger partial charge in [0, 0.05) is 43.0 Å². The molecule has 1 atom stereocenters. The van der Waals surface area contributed by atoms with E-state index < -0.39 is 23.9 Å². The molecule has 1 aliphatic rings. The molecule has 1 aromatic heterocycles. The Morgan fingerprint density at radius 3 is 2.62 bits per heavy atom. The van der Waals surface area contributed by atoms with Crippen LogP contribution in [0.25, 0.3) is 0 Å². The topological polar surface area (TPSA) is 170 Å². The minimum atomic E-state index is -0.981. The lowest BCUT2D eigenvalue weighted by Gasteiger charge is -2.41. The molecule has 0 radical (unpaired) electrons. The molecule has 1 unspecified atom stereocenters. The van der Waals surface area contributed by atoms with Gasteiger partial charge in [0.25, 0.3) is 0 Å². The maximum Gasteiger partial charge on any atom is 0.316 e. The number of unbranched alkanes of at least 4 members (excludes halogenated alkanes) is 1. The lowest BCUT2D eigenvalue weighted by Crippen LogP contribution is -2.62. The average molecular weight is 466 g/mol. The number of aldehydes is 1. The van der Waals surface area contributed by atoms with Crippen LogP contribution in [0.3, 0.4) is 0 Å². The summed E-state index contributed by atoms with van der Waals surface area (Å²) in [4.78, 5) is 54.7. The third-order valence-corrected chi connectivity index (χ3v) is 5.45. The van der Waals surface area contributed by atoms with Crippen LogP contribution >= 0.6 is 0 Å². The molecule has 5 N–H and O–H groups in total. The second kappa shape index (κ2) is 11.0. The van der Waals surface area contributed by atoms with Gasteiger partial charge in [0.1, 0.15) is 18.3 Å². The molecular formula is C23H26N6O5. The molecule has 0 bridgehead atoms. The van der Waals surface area contributed by atoms with Crippen LogP contribution in [0, 0.1) is 5.41 Å². The van der Waals surface area contributed by atoms with Gasteiger partial charge in [0.05, 0.1) is 12.2 Å². The van der Waals surface area contributed by atoms with Gasteiger partial charge in [0.2, 0.25) is 0 Å². The van der Waals surface area contributed by atoms with E-state index in [0.717, 1.165) is 6.29 Å². The summed E-state index contributed by atoms with van der Waals surface area (Å²) >= 11 is 0. The number of pyridine rings is 1. The summed E-state index contributed by atoms with van der Waals surface area (Å²) in [6.45, 7) is 0.312. The van der Waals surface area contributed by atoms with E-state index in [1.54, 1.807) is 30.3 Å². The SMILES string of the molecule is N=C(N)c1ccc(NC2CN(c3ccncc3CCC(=O)O)C(=O)C(=O)N2CCCC=O)cc1. The lowest BCUT2D eigenvalue weighted by molar-refractivity contribution is -0.148. The van der Waals surface area contributed by atoms with E-state index >= 15 is 0 Å². The minimum Gasteiger partial charge on any atom is -0.481 e. The molecular weight excluding hydrogens is 440 g/mol. The van der Waals surface area contributed by atoms with Crippen molar-refractivity contribution < 1.29 is 24.3 Å². The quantitative estimate of drug-likeness (QED) is 0.125. The van der Waals surface area contributed by atoms with Gasteiger partial charge < -0.3 is 25.9 Å². The summed E-state index contributed by atoms with van der Waals surface area (Å²) in [5.41, 5.74) is 7.68. The Bertz CT molecular complexity index is 1090. The fourth-order valence-electron chi connectivity index (χ4n) is 3.72. The van der Waals surface area contributed by atoms with Crippen LogP contribution in [-0.2, 0) is 25.6 Å². The van der Waals surface area contributed by atoms with E-state index in [9.17, 15) is 19.2 Å². The predicted octanol–water partition coefficient (Wildman–Crippen LogP) is 0.975. The van der Waals surface area contributed by atoms with Crippen LogP contribution in [0.1, 0.15) is 30.4 Å². The number of aliphatic carboxylic acids is 1. The number of aromatic nitrogens is 1. The Balaban J connectivity index is 1.90. The third kappa shape index (κ3) is 5.74. The average Bonchev–Trinajstić information content (AvgIpc) is 2.82. The first kappa shape index (κ1) is 24.4. The highest BCUT2D eigenvalue weighted by Gasteiger charge is 2.40.